The van der Waals surface area contributed by atoms with Gasteiger partial charge in [0, 0.05) is 26.1 Å². The molecule has 0 unspecified atom stereocenters. The molecule has 2 saturated heterocycles. The average molecular weight is 334 g/mol. The molecule has 128 valence electrons. The van der Waals surface area contributed by atoms with Crippen LogP contribution in [0, 0.1) is 0 Å². The van der Waals surface area contributed by atoms with Gasteiger partial charge in [-0.15, -0.1) is 0 Å². The first-order valence-electron chi connectivity index (χ1n) is 8.00. The van der Waals surface area contributed by atoms with Crippen LogP contribution in [-0.2, 0) is 4.43 Å². The monoisotopic (exact) mass is 334 g/mol. The van der Waals surface area contributed by atoms with Gasteiger partial charge < -0.3 is 14.2 Å². The van der Waals surface area contributed by atoms with Crippen LogP contribution < -0.4 is 0 Å². The molecule has 2 aliphatic heterocycles. The Morgan fingerprint density at radius 2 is 2.00 bits per heavy atom. The van der Waals surface area contributed by atoms with Crippen LogP contribution in [0.1, 0.15) is 33.6 Å². The summed E-state index contributed by atoms with van der Waals surface area (Å²) in [5.41, 5.74) is 0. The largest absolute Gasteiger partial charge is 0.417 e. The summed E-state index contributed by atoms with van der Waals surface area (Å²) in [6.45, 7) is 12.2. The highest BCUT2D eigenvalue weighted by Gasteiger charge is 2.52. The van der Waals surface area contributed by atoms with Crippen LogP contribution in [0.2, 0.25) is 18.1 Å². The molecule has 2 rings (SSSR count). The van der Waals surface area contributed by atoms with Gasteiger partial charge in [0.25, 0.3) is 5.92 Å². The average Bonchev–Trinajstić information content (AvgIpc) is 2.78. The van der Waals surface area contributed by atoms with Crippen molar-refractivity contribution in [3.8, 4) is 0 Å². The molecule has 0 aliphatic carbocycles. The number of urea groups is 1. The van der Waals surface area contributed by atoms with Crippen LogP contribution in [0.5, 0.6) is 0 Å². The molecule has 22 heavy (non-hydrogen) atoms. The van der Waals surface area contributed by atoms with E-state index < -0.39 is 20.8 Å². The third-order valence-electron chi connectivity index (χ3n) is 5.17. The van der Waals surface area contributed by atoms with E-state index in [2.05, 4.69) is 33.9 Å². The van der Waals surface area contributed by atoms with Crippen LogP contribution in [0.25, 0.3) is 0 Å². The number of rotatable bonds is 5. The first-order valence-corrected chi connectivity index (χ1v) is 10.9. The summed E-state index contributed by atoms with van der Waals surface area (Å²) in [6.07, 6.45) is 0.560. The number of halogens is 2. The molecule has 4 nitrogen and oxygen atoms in total. The fraction of sp³-hybridized carbons (Fsp3) is 0.933. The summed E-state index contributed by atoms with van der Waals surface area (Å²) < 4.78 is 32.7. The van der Waals surface area contributed by atoms with E-state index >= 15 is 0 Å². The van der Waals surface area contributed by atoms with Gasteiger partial charge in [-0.1, -0.05) is 20.8 Å². The van der Waals surface area contributed by atoms with Gasteiger partial charge in [0.1, 0.15) is 0 Å². The zero-order valence-electron chi connectivity index (χ0n) is 14.3. The number of hydrogen-bond donors (Lipinski definition) is 0. The second-order valence-electron chi connectivity index (χ2n) is 8.03. The molecule has 0 aromatic carbocycles. The molecular formula is C15H28F2N2O2Si. The van der Waals surface area contributed by atoms with Crippen molar-refractivity contribution in [3.63, 3.8) is 0 Å². The van der Waals surface area contributed by atoms with Crippen molar-refractivity contribution in [2.45, 2.75) is 63.7 Å². The van der Waals surface area contributed by atoms with Crippen LogP contribution in [0.3, 0.4) is 0 Å². The second kappa shape index (κ2) is 5.74. The highest BCUT2D eigenvalue weighted by molar-refractivity contribution is 6.74. The summed E-state index contributed by atoms with van der Waals surface area (Å²) in [5, 5.41) is 0.171. The number of alkyl halides is 2. The van der Waals surface area contributed by atoms with Gasteiger partial charge in [0.05, 0.1) is 12.6 Å². The Bertz CT molecular complexity index is 438. The number of fused-ring (bicyclic) bond motifs is 1. The van der Waals surface area contributed by atoms with Crippen molar-refractivity contribution in [2.75, 3.05) is 26.2 Å². The predicted molar refractivity (Wildman–Crippen MR) is 84.8 cm³/mol. The molecule has 0 saturated carbocycles. The van der Waals surface area contributed by atoms with Gasteiger partial charge in [0.2, 0.25) is 0 Å². The summed E-state index contributed by atoms with van der Waals surface area (Å²) in [5.74, 6) is -2.71. The summed E-state index contributed by atoms with van der Waals surface area (Å²) >= 11 is 0. The van der Waals surface area contributed by atoms with Gasteiger partial charge in [-0.2, -0.15) is 0 Å². The lowest BCUT2D eigenvalue weighted by molar-refractivity contribution is 0.0115. The van der Waals surface area contributed by atoms with Gasteiger partial charge >= 0.3 is 6.03 Å². The molecule has 1 atom stereocenters. The van der Waals surface area contributed by atoms with E-state index in [-0.39, 0.29) is 23.5 Å². The molecule has 2 fully saturated rings. The van der Waals surface area contributed by atoms with Crippen molar-refractivity contribution >= 4 is 14.3 Å². The Kier molecular flexibility index (Phi) is 4.61. The van der Waals surface area contributed by atoms with E-state index in [4.69, 9.17) is 4.43 Å². The van der Waals surface area contributed by atoms with Crippen molar-refractivity contribution in [2.24, 2.45) is 0 Å². The molecule has 0 spiro atoms. The molecule has 2 amide bonds. The Morgan fingerprint density at radius 1 is 1.36 bits per heavy atom. The molecule has 2 aliphatic rings. The Hall–Kier alpha value is -0.693. The van der Waals surface area contributed by atoms with E-state index in [0.29, 0.717) is 19.7 Å². The molecule has 0 radical (unpaired) electrons. The maximum atomic E-state index is 13.3. The molecule has 0 aromatic rings. The van der Waals surface area contributed by atoms with Crippen LogP contribution >= 0.6 is 0 Å². The lowest BCUT2D eigenvalue weighted by atomic mass is 10.2. The van der Waals surface area contributed by atoms with Crippen molar-refractivity contribution < 1.29 is 18.0 Å². The highest BCUT2D eigenvalue weighted by Crippen LogP contribution is 2.37. The van der Waals surface area contributed by atoms with Crippen LogP contribution in [-0.4, -0.2) is 62.4 Å². The lowest BCUT2D eigenvalue weighted by Crippen LogP contribution is -2.41. The second-order valence-corrected chi connectivity index (χ2v) is 12.8. The minimum absolute atomic E-state index is 0.171. The van der Waals surface area contributed by atoms with Gasteiger partial charge in [-0.05, 0) is 24.6 Å². The molecule has 2 heterocycles. The summed E-state index contributed by atoms with van der Waals surface area (Å²) in [4.78, 5) is 15.1. The zero-order valence-corrected chi connectivity index (χ0v) is 15.3. The standard InChI is InChI=1S/C15H28F2N2O2Si/c1-14(2,3)22(4,5)21-8-6-7-18-10-12-9-15(16,17)11-19(12)13(18)20/h12H,6-11H2,1-5H3/t12-/m0/s1. The number of carbonyl (C=O) groups excluding carboxylic acids is 1. The maximum absolute atomic E-state index is 13.3. The number of hydrogen-bond acceptors (Lipinski definition) is 2. The smallest absolute Gasteiger partial charge is 0.320 e. The SMILES string of the molecule is CC(C)(C)[Si](C)(C)OCCCN1C[C@@H]2CC(F)(F)CN2C1=O. The quantitative estimate of drug-likeness (QED) is 0.569. The van der Waals surface area contributed by atoms with E-state index in [1.165, 1.54) is 4.90 Å². The highest BCUT2D eigenvalue weighted by atomic mass is 28.4. The van der Waals surface area contributed by atoms with E-state index in [1.807, 2.05) is 0 Å². The van der Waals surface area contributed by atoms with Gasteiger partial charge in [-0.25, -0.2) is 13.6 Å². The van der Waals surface area contributed by atoms with E-state index in [9.17, 15) is 13.6 Å². The molecule has 0 aromatic heterocycles. The fourth-order valence-corrected chi connectivity index (χ4v) is 3.87. The molecular weight excluding hydrogens is 306 g/mol. The third kappa shape index (κ3) is 3.62. The first-order chi connectivity index (χ1) is 9.93. The lowest BCUT2D eigenvalue weighted by Gasteiger charge is -2.36. The number of amides is 2. The van der Waals surface area contributed by atoms with Crippen molar-refractivity contribution in [1.29, 1.82) is 0 Å². The topological polar surface area (TPSA) is 32.8 Å². The first kappa shape index (κ1) is 17.7. The van der Waals surface area contributed by atoms with Crippen molar-refractivity contribution in [3.05, 3.63) is 0 Å². The number of nitrogens with zero attached hydrogens (tertiary/aromatic N) is 2. The van der Waals surface area contributed by atoms with Crippen LogP contribution in [0.15, 0.2) is 0 Å². The Balaban J connectivity index is 1.75. The fourth-order valence-electron chi connectivity index (χ4n) is 2.79. The van der Waals surface area contributed by atoms with E-state index in [0.717, 1.165) is 6.42 Å². The number of carbonyl (C=O) groups is 1. The minimum Gasteiger partial charge on any atom is -0.417 e. The Morgan fingerprint density at radius 3 is 2.55 bits per heavy atom. The Labute approximate surface area is 132 Å². The minimum atomic E-state index is -2.71. The van der Waals surface area contributed by atoms with Gasteiger partial charge in [0.15, 0.2) is 8.32 Å². The van der Waals surface area contributed by atoms with Crippen molar-refractivity contribution in [1.82, 2.24) is 9.80 Å². The third-order valence-corrected chi connectivity index (χ3v) is 9.70. The summed E-state index contributed by atoms with van der Waals surface area (Å²) in [7, 11) is -1.75. The normalized spacial score (nSPS) is 25.0. The van der Waals surface area contributed by atoms with E-state index in [1.54, 1.807) is 4.90 Å². The molecule has 0 N–H and O–H groups in total. The van der Waals surface area contributed by atoms with Gasteiger partial charge in [-0.3, -0.25) is 0 Å². The maximum Gasteiger partial charge on any atom is 0.320 e. The van der Waals surface area contributed by atoms with Crippen LogP contribution in [0.4, 0.5) is 13.6 Å². The molecule has 7 heteroatoms. The zero-order chi connectivity index (χ0) is 16.8. The molecule has 0 bridgehead atoms. The predicted octanol–water partition coefficient (Wildman–Crippen LogP) is 3.54. The summed E-state index contributed by atoms with van der Waals surface area (Å²) in [6, 6.07) is -0.557.